The van der Waals surface area contributed by atoms with Crippen LogP contribution in [-0.4, -0.2) is 17.6 Å². The Bertz CT molecular complexity index is 429. The van der Waals surface area contributed by atoms with Crippen molar-refractivity contribution in [1.82, 2.24) is 5.32 Å². The first-order valence-corrected chi connectivity index (χ1v) is 5.82. The zero-order valence-corrected chi connectivity index (χ0v) is 11.1. The van der Waals surface area contributed by atoms with Crippen LogP contribution in [0.2, 0.25) is 0 Å². The molecule has 1 aromatic carbocycles. The summed E-state index contributed by atoms with van der Waals surface area (Å²) in [6, 6.07) is 6.83. The third kappa shape index (κ3) is 3.46. The first-order valence-electron chi connectivity index (χ1n) is 5.03. The van der Waals surface area contributed by atoms with Gasteiger partial charge in [0.2, 0.25) is 5.91 Å². The molecule has 1 aromatic rings. The summed E-state index contributed by atoms with van der Waals surface area (Å²) in [5, 5.41) is 2.17. The normalized spacial score (nSPS) is 15.0. The summed E-state index contributed by atoms with van der Waals surface area (Å²) < 4.78 is 38.3. The molecule has 1 rings (SSSR count). The van der Waals surface area contributed by atoms with Gasteiger partial charge in [-0.2, -0.15) is 13.2 Å². The van der Waals surface area contributed by atoms with Crippen molar-refractivity contribution in [3.63, 3.8) is 0 Å². The highest BCUT2D eigenvalue weighted by atomic mass is 79.9. The van der Waals surface area contributed by atoms with Gasteiger partial charge in [-0.1, -0.05) is 28.1 Å². The fourth-order valence-corrected chi connectivity index (χ4v) is 1.36. The van der Waals surface area contributed by atoms with Crippen molar-refractivity contribution in [2.24, 2.45) is 5.73 Å². The van der Waals surface area contributed by atoms with Gasteiger partial charge in [0.1, 0.15) is 0 Å². The summed E-state index contributed by atoms with van der Waals surface area (Å²) in [7, 11) is 0. The van der Waals surface area contributed by atoms with Gasteiger partial charge in [-0.15, -0.1) is 0 Å². The molecule has 3 nitrogen and oxygen atoms in total. The van der Waals surface area contributed by atoms with Gasteiger partial charge < -0.3 is 11.1 Å². The van der Waals surface area contributed by atoms with Crippen molar-refractivity contribution < 1.29 is 18.0 Å². The standard InChI is InChI=1S/C11H12BrF3N2O/c1-10(16,11(13,14)15)9(18)17-6-7-2-4-8(12)5-3-7/h2-5H,6,16H2,1H3,(H,17,18). The molecule has 0 fully saturated rings. The number of hydrogen-bond donors (Lipinski definition) is 2. The monoisotopic (exact) mass is 324 g/mol. The number of carbonyl (C=O) groups is 1. The lowest BCUT2D eigenvalue weighted by atomic mass is 10.0. The first-order chi connectivity index (χ1) is 8.14. The molecule has 0 heterocycles. The predicted molar refractivity (Wildman–Crippen MR) is 64.6 cm³/mol. The van der Waals surface area contributed by atoms with E-state index in [1.165, 1.54) is 0 Å². The minimum absolute atomic E-state index is 0.00498. The average molecular weight is 325 g/mol. The van der Waals surface area contributed by atoms with Gasteiger partial charge in [0.05, 0.1) is 0 Å². The van der Waals surface area contributed by atoms with Crippen molar-refractivity contribution in [3.05, 3.63) is 34.3 Å². The highest BCUT2D eigenvalue weighted by Gasteiger charge is 2.53. The zero-order chi connectivity index (χ0) is 14.0. The molecule has 0 aliphatic carbocycles. The SMILES string of the molecule is CC(N)(C(=O)NCc1ccc(Br)cc1)C(F)(F)F. The van der Waals surface area contributed by atoms with Gasteiger partial charge in [0, 0.05) is 11.0 Å². The minimum Gasteiger partial charge on any atom is -0.350 e. The van der Waals surface area contributed by atoms with Crippen LogP contribution >= 0.6 is 15.9 Å². The highest BCUT2D eigenvalue weighted by molar-refractivity contribution is 9.10. The van der Waals surface area contributed by atoms with Gasteiger partial charge in [0.15, 0.2) is 5.54 Å². The van der Waals surface area contributed by atoms with E-state index in [0.717, 1.165) is 4.47 Å². The lowest BCUT2D eigenvalue weighted by Crippen LogP contribution is -2.61. The Morgan fingerprint density at radius 3 is 2.28 bits per heavy atom. The lowest BCUT2D eigenvalue weighted by molar-refractivity contribution is -0.187. The fraction of sp³-hybridized carbons (Fsp3) is 0.364. The molecule has 1 atom stereocenters. The zero-order valence-electron chi connectivity index (χ0n) is 9.51. The maximum absolute atomic E-state index is 12.5. The third-order valence-corrected chi connectivity index (χ3v) is 2.96. The number of benzene rings is 1. The third-order valence-electron chi connectivity index (χ3n) is 2.43. The molecular formula is C11H12BrF3N2O. The van der Waals surface area contributed by atoms with Gasteiger partial charge >= 0.3 is 6.18 Å². The van der Waals surface area contributed by atoms with E-state index >= 15 is 0 Å². The molecule has 3 N–H and O–H groups in total. The van der Waals surface area contributed by atoms with Gasteiger partial charge in [-0.3, -0.25) is 4.79 Å². The van der Waals surface area contributed by atoms with Crippen molar-refractivity contribution in [1.29, 1.82) is 0 Å². The number of hydrogen-bond acceptors (Lipinski definition) is 2. The molecule has 7 heteroatoms. The Balaban J connectivity index is 2.64. The first kappa shape index (κ1) is 15.0. The summed E-state index contributed by atoms with van der Waals surface area (Å²) in [4.78, 5) is 11.4. The van der Waals surface area contributed by atoms with Crippen molar-refractivity contribution in [2.75, 3.05) is 0 Å². The van der Waals surface area contributed by atoms with E-state index in [4.69, 9.17) is 5.73 Å². The average Bonchev–Trinajstić information content (AvgIpc) is 2.26. The van der Waals surface area contributed by atoms with Crippen LogP contribution in [0.3, 0.4) is 0 Å². The van der Waals surface area contributed by atoms with Gasteiger partial charge in [-0.05, 0) is 24.6 Å². The Morgan fingerprint density at radius 2 is 1.83 bits per heavy atom. The van der Waals surface area contributed by atoms with E-state index < -0.39 is 17.6 Å². The minimum atomic E-state index is -4.78. The number of rotatable bonds is 3. The summed E-state index contributed by atoms with van der Waals surface area (Å²) in [5.74, 6) is -1.25. The largest absolute Gasteiger partial charge is 0.415 e. The molecule has 0 bridgehead atoms. The van der Waals surface area contributed by atoms with Crippen LogP contribution in [0.5, 0.6) is 0 Å². The van der Waals surface area contributed by atoms with Gasteiger partial charge in [0.25, 0.3) is 0 Å². The van der Waals surface area contributed by atoms with Gasteiger partial charge in [-0.25, -0.2) is 0 Å². The van der Waals surface area contributed by atoms with E-state index in [2.05, 4.69) is 21.2 Å². The number of amides is 1. The van der Waals surface area contributed by atoms with Crippen LogP contribution in [0.15, 0.2) is 28.7 Å². The van der Waals surface area contributed by atoms with Crippen LogP contribution < -0.4 is 11.1 Å². The lowest BCUT2D eigenvalue weighted by Gasteiger charge is -2.26. The maximum Gasteiger partial charge on any atom is 0.415 e. The highest BCUT2D eigenvalue weighted by Crippen LogP contribution is 2.28. The van der Waals surface area contributed by atoms with E-state index in [1.54, 1.807) is 24.3 Å². The number of alkyl halides is 3. The van der Waals surface area contributed by atoms with Crippen molar-refractivity contribution in [2.45, 2.75) is 25.2 Å². The van der Waals surface area contributed by atoms with Crippen molar-refractivity contribution in [3.8, 4) is 0 Å². The summed E-state index contributed by atoms with van der Waals surface area (Å²) >= 11 is 3.23. The van der Waals surface area contributed by atoms with E-state index in [0.29, 0.717) is 12.5 Å². The molecule has 0 radical (unpaired) electrons. The molecule has 0 saturated heterocycles. The quantitative estimate of drug-likeness (QED) is 0.896. The summed E-state index contributed by atoms with van der Waals surface area (Å²) in [6.45, 7) is 0.638. The Kier molecular flexibility index (Phi) is 4.39. The Hall–Kier alpha value is -1.08. The fourth-order valence-electron chi connectivity index (χ4n) is 1.10. The number of halogens is 4. The topological polar surface area (TPSA) is 55.1 Å². The molecule has 1 amide bonds. The van der Waals surface area contributed by atoms with Crippen LogP contribution in [0.25, 0.3) is 0 Å². The van der Waals surface area contributed by atoms with Crippen LogP contribution in [0.1, 0.15) is 12.5 Å². The molecule has 1 unspecified atom stereocenters. The van der Waals surface area contributed by atoms with Crippen LogP contribution in [0, 0.1) is 0 Å². The second kappa shape index (κ2) is 5.27. The van der Waals surface area contributed by atoms with E-state index in [-0.39, 0.29) is 6.54 Å². The molecule has 0 aliphatic rings. The maximum atomic E-state index is 12.5. The molecule has 0 aromatic heterocycles. The molecule has 100 valence electrons. The van der Waals surface area contributed by atoms with Crippen LogP contribution in [-0.2, 0) is 11.3 Å². The Labute approximate surface area is 111 Å². The van der Waals surface area contributed by atoms with E-state index in [1.807, 2.05) is 0 Å². The van der Waals surface area contributed by atoms with Crippen LogP contribution in [0.4, 0.5) is 13.2 Å². The molecular weight excluding hydrogens is 313 g/mol. The smallest absolute Gasteiger partial charge is 0.350 e. The number of carbonyl (C=O) groups excluding carboxylic acids is 1. The molecule has 0 saturated carbocycles. The number of nitrogens with two attached hydrogens (primary N) is 1. The van der Waals surface area contributed by atoms with Crippen molar-refractivity contribution >= 4 is 21.8 Å². The second-order valence-corrected chi connectivity index (χ2v) is 4.92. The summed E-state index contributed by atoms with van der Waals surface area (Å²) in [5.41, 5.74) is 2.78. The number of nitrogens with one attached hydrogen (secondary N) is 1. The second-order valence-electron chi connectivity index (χ2n) is 4.01. The molecule has 18 heavy (non-hydrogen) atoms. The van der Waals surface area contributed by atoms with E-state index in [9.17, 15) is 18.0 Å². The molecule has 0 spiro atoms. The summed E-state index contributed by atoms with van der Waals surface area (Å²) in [6.07, 6.45) is -4.78. The predicted octanol–water partition coefficient (Wildman–Crippen LogP) is 2.35. The Morgan fingerprint density at radius 1 is 1.33 bits per heavy atom. The molecule has 0 aliphatic heterocycles.